The summed E-state index contributed by atoms with van der Waals surface area (Å²) in [6, 6.07) is 7.36. The molecule has 0 saturated carbocycles. The number of aromatic carboxylic acids is 1. The summed E-state index contributed by atoms with van der Waals surface area (Å²) in [5, 5.41) is 18.8. The molecule has 1 aromatic carbocycles. The van der Waals surface area contributed by atoms with Crippen LogP contribution in [0.1, 0.15) is 16.2 Å². The average Bonchev–Trinajstić information content (AvgIpc) is 2.74. The Bertz CT molecular complexity index is 668. The van der Waals surface area contributed by atoms with Gasteiger partial charge in [-0.25, -0.2) is 9.48 Å². The molecule has 0 bridgehead atoms. The molecule has 0 aliphatic rings. The van der Waals surface area contributed by atoms with Gasteiger partial charge in [0.05, 0.1) is 11.4 Å². The molecule has 20 heavy (non-hydrogen) atoms. The zero-order valence-electron chi connectivity index (χ0n) is 10.5. The van der Waals surface area contributed by atoms with Crippen molar-refractivity contribution in [3.8, 4) is 0 Å². The van der Waals surface area contributed by atoms with Crippen LogP contribution in [0, 0.1) is 10.5 Å². The van der Waals surface area contributed by atoms with Gasteiger partial charge in [0.1, 0.15) is 6.54 Å². The summed E-state index contributed by atoms with van der Waals surface area (Å²) in [5.74, 6) is -1.45. The lowest BCUT2D eigenvalue weighted by Crippen LogP contribution is -2.21. The van der Waals surface area contributed by atoms with E-state index in [1.54, 1.807) is 13.0 Å². The maximum Gasteiger partial charge on any atom is 0.358 e. The van der Waals surface area contributed by atoms with E-state index in [4.69, 9.17) is 5.11 Å². The SMILES string of the molecule is Cc1c(C(=O)O)nnn1CC(=O)Nc1ccccc1I. The summed E-state index contributed by atoms with van der Waals surface area (Å²) in [5.41, 5.74) is 0.900. The van der Waals surface area contributed by atoms with Crippen molar-refractivity contribution in [1.82, 2.24) is 15.0 Å². The molecular weight excluding hydrogens is 375 g/mol. The number of amides is 1. The summed E-state index contributed by atoms with van der Waals surface area (Å²) in [6.45, 7) is 1.47. The first-order chi connectivity index (χ1) is 9.49. The van der Waals surface area contributed by atoms with Gasteiger partial charge >= 0.3 is 5.97 Å². The van der Waals surface area contributed by atoms with Gasteiger partial charge in [0.2, 0.25) is 5.91 Å². The van der Waals surface area contributed by atoms with Gasteiger partial charge in [-0.05, 0) is 41.6 Å². The number of para-hydroxylation sites is 1. The number of carboxylic acid groups (broad SMARTS) is 1. The molecule has 2 aromatic rings. The molecule has 0 radical (unpaired) electrons. The van der Waals surface area contributed by atoms with Crippen molar-refractivity contribution in [2.75, 3.05) is 5.32 Å². The van der Waals surface area contributed by atoms with Gasteiger partial charge in [-0.15, -0.1) is 5.10 Å². The molecule has 1 amide bonds. The van der Waals surface area contributed by atoms with Crippen LogP contribution in [0.5, 0.6) is 0 Å². The maximum absolute atomic E-state index is 11.9. The monoisotopic (exact) mass is 386 g/mol. The highest BCUT2D eigenvalue weighted by atomic mass is 127. The van der Waals surface area contributed by atoms with E-state index in [0.29, 0.717) is 11.4 Å². The molecule has 7 nitrogen and oxygen atoms in total. The van der Waals surface area contributed by atoms with Gasteiger partial charge in [-0.2, -0.15) is 0 Å². The minimum absolute atomic E-state index is 0.0862. The van der Waals surface area contributed by atoms with Gasteiger partial charge in [-0.1, -0.05) is 17.3 Å². The number of carbonyl (C=O) groups excluding carboxylic acids is 1. The van der Waals surface area contributed by atoms with Gasteiger partial charge in [0.25, 0.3) is 0 Å². The molecule has 8 heteroatoms. The molecule has 2 N–H and O–H groups in total. The molecule has 0 unspecified atom stereocenters. The smallest absolute Gasteiger partial charge is 0.358 e. The van der Waals surface area contributed by atoms with E-state index >= 15 is 0 Å². The topological polar surface area (TPSA) is 97.1 Å². The van der Waals surface area contributed by atoms with Crippen LogP contribution in [-0.4, -0.2) is 32.0 Å². The van der Waals surface area contributed by atoms with Crippen LogP contribution >= 0.6 is 22.6 Å². The van der Waals surface area contributed by atoms with Gasteiger partial charge in [-0.3, -0.25) is 4.79 Å². The lowest BCUT2D eigenvalue weighted by Gasteiger charge is -2.07. The summed E-state index contributed by atoms with van der Waals surface area (Å²) in [7, 11) is 0. The van der Waals surface area contributed by atoms with Gasteiger partial charge in [0, 0.05) is 3.57 Å². The lowest BCUT2D eigenvalue weighted by molar-refractivity contribution is -0.117. The largest absolute Gasteiger partial charge is 0.476 e. The summed E-state index contributed by atoms with van der Waals surface area (Å²) in [4.78, 5) is 22.8. The Morgan fingerprint density at radius 3 is 2.70 bits per heavy atom. The van der Waals surface area contributed by atoms with E-state index in [2.05, 4.69) is 38.2 Å². The standard InChI is InChI=1S/C12H11IN4O3/c1-7-11(12(19)20)15-16-17(7)6-10(18)14-9-5-3-2-4-8(9)13/h2-5H,6H2,1H3,(H,14,18)(H,19,20). The van der Waals surface area contributed by atoms with E-state index in [0.717, 1.165) is 3.57 Å². The number of aromatic nitrogens is 3. The van der Waals surface area contributed by atoms with Crippen LogP contribution < -0.4 is 5.32 Å². The van der Waals surface area contributed by atoms with Crippen LogP contribution in [0.4, 0.5) is 5.69 Å². The number of nitrogens with zero attached hydrogens (tertiary/aromatic N) is 3. The van der Waals surface area contributed by atoms with Crippen LogP contribution in [0.15, 0.2) is 24.3 Å². The van der Waals surface area contributed by atoms with Crippen molar-refractivity contribution in [2.24, 2.45) is 0 Å². The van der Waals surface area contributed by atoms with Crippen molar-refractivity contribution < 1.29 is 14.7 Å². The number of benzene rings is 1. The minimum Gasteiger partial charge on any atom is -0.476 e. The van der Waals surface area contributed by atoms with E-state index < -0.39 is 5.97 Å². The van der Waals surface area contributed by atoms with E-state index in [9.17, 15) is 9.59 Å². The first kappa shape index (κ1) is 14.4. The molecule has 0 atom stereocenters. The molecule has 2 rings (SSSR count). The molecule has 0 spiro atoms. The molecule has 1 heterocycles. The third-order valence-corrected chi connectivity index (χ3v) is 3.57. The Morgan fingerprint density at radius 2 is 2.10 bits per heavy atom. The first-order valence-corrected chi connectivity index (χ1v) is 6.74. The average molecular weight is 386 g/mol. The zero-order valence-corrected chi connectivity index (χ0v) is 12.7. The number of halogens is 1. The number of rotatable bonds is 4. The van der Waals surface area contributed by atoms with Crippen molar-refractivity contribution in [3.63, 3.8) is 0 Å². The molecule has 0 aliphatic heterocycles. The van der Waals surface area contributed by atoms with E-state index in [1.165, 1.54) is 4.68 Å². The predicted octanol–water partition coefficient (Wildman–Crippen LogP) is 1.53. The van der Waals surface area contributed by atoms with Crippen LogP contribution in [0.3, 0.4) is 0 Å². The number of hydrogen-bond acceptors (Lipinski definition) is 4. The summed E-state index contributed by atoms with van der Waals surface area (Å²) < 4.78 is 2.18. The molecule has 0 fully saturated rings. The van der Waals surface area contributed by atoms with E-state index in [-0.39, 0.29) is 18.1 Å². The second-order valence-corrected chi connectivity index (χ2v) is 5.18. The maximum atomic E-state index is 11.9. The molecular formula is C12H11IN4O3. The molecule has 0 saturated heterocycles. The Labute approximate surface area is 128 Å². The molecule has 104 valence electrons. The van der Waals surface area contributed by atoms with Gasteiger partial charge in [0.15, 0.2) is 5.69 Å². The zero-order chi connectivity index (χ0) is 14.7. The summed E-state index contributed by atoms with van der Waals surface area (Å²) >= 11 is 2.12. The second-order valence-electron chi connectivity index (χ2n) is 4.01. The summed E-state index contributed by atoms with van der Waals surface area (Å²) in [6.07, 6.45) is 0. The second kappa shape index (κ2) is 5.99. The highest BCUT2D eigenvalue weighted by Gasteiger charge is 2.16. The highest BCUT2D eigenvalue weighted by molar-refractivity contribution is 14.1. The normalized spacial score (nSPS) is 10.3. The fourth-order valence-electron chi connectivity index (χ4n) is 1.60. The number of anilines is 1. The first-order valence-electron chi connectivity index (χ1n) is 5.67. The lowest BCUT2D eigenvalue weighted by atomic mass is 10.3. The fraction of sp³-hybridized carbons (Fsp3) is 0.167. The Kier molecular flexibility index (Phi) is 4.32. The minimum atomic E-state index is -1.16. The van der Waals surface area contributed by atoms with Crippen LogP contribution in [-0.2, 0) is 11.3 Å². The number of carboxylic acids is 1. The van der Waals surface area contributed by atoms with Crippen LogP contribution in [0.25, 0.3) is 0 Å². The van der Waals surface area contributed by atoms with Crippen LogP contribution in [0.2, 0.25) is 0 Å². The molecule has 1 aromatic heterocycles. The fourth-order valence-corrected chi connectivity index (χ4v) is 2.12. The Hall–Kier alpha value is -1.97. The number of carbonyl (C=O) groups is 2. The van der Waals surface area contributed by atoms with Crippen molar-refractivity contribution in [3.05, 3.63) is 39.2 Å². The van der Waals surface area contributed by atoms with Gasteiger partial charge < -0.3 is 10.4 Å². The van der Waals surface area contributed by atoms with Crippen molar-refractivity contribution in [1.29, 1.82) is 0 Å². The number of hydrogen-bond donors (Lipinski definition) is 2. The van der Waals surface area contributed by atoms with Crippen molar-refractivity contribution in [2.45, 2.75) is 13.5 Å². The Balaban J connectivity index is 2.09. The van der Waals surface area contributed by atoms with Crippen molar-refractivity contribution >= 4 is 40.2 Å². The molecule has 0 aliphatic carbocycles. The Morgan fingerprint density at radius 1 is 1.40 bits per heavy atom. The number of nitrogens with one attached hydrogen (secondary N) is 1. The predicted molar refractivity (Wildman–Crippen MR) is 79.5 cm³/mol. The quantitative estimate of drug-likeness (QED) is 0.777. The van der Waals surface area contributed by atoms with E-state index in [1.807, 2.05) is 18.2 Å². The third-order valence-electron chi connectivity index (χ3n) is 2.63. The highest BCUT2D eigenvalue weighted by Crippen LogP contribution is 2.16. The third kappa shape index (κ3) is 3.13.